The van der Waals surface area contributed by atoms with Crippen LogP contribution >= 0.6 is 0 Å². The minimum Gasteiger partial charge on any atom is -0.480 e. The molecule has 56 heavy (non-hydrogen) atoms. The fraction of sp³-hybridized carbons (Fsp3) is 0.686. The van der Waals surface area contributed by atoms with Crippen LogP contribution in [0.1, 0.15) is 78.3 Å². The SMILES string of the molecule is CC(C)[C@H](NC(=O)[C@H](CCCN=C(N)N)NC(=O)CNC(=O)[C@@H](NC(=O)[C@@H]1CCCN1C(=O)[C@H](Cc1cnc[nH]1)NC(=O)[C@@H](N)CCCCN)C(C)C)C(=O)O. The summed E-state index contributed by atoms with van der Waals surface area (Å²) >= 11 is 0. The number of nitrogens with two attached hydrogens (primary N) is 4. The van der Waals surface area contributed by atoms with Gasteiger partial charge in [0.25, 0.3) is 0 Å². The van der Waals surface area contributed by atoms with Crippen LogP contribution in [0.3, 0.4) is 0 Å². The van der Waals surface area contributed by atoms with Gasteiger partial charge in [0, 0.05) is 31.4 Å². The van der Waals surface area contributed by atoms with Crippen LogP contribution in [0, 0.1) is 11.8 Å². The second-order valence-corrected chi connectivity index (χ2v) is 14.5. The molecule has 2 heterocycles. The first-order chi connectivity index (χ1) is 26.5. The van der Waals surface area contributed by atoms with Crippen LogP contribution in [0.5, 0.6) is 0 Å². The summed E-state index contributed by atoms with van der Waals surface area (Å²) in [5, 5.41) is 22.4. The first kappa shape index (κ1) is 46.8. The molecular weight excluding hydrogens is 730 g/mol. The Bertz CT molecular complexity index is 1500. The van der Waals surface area contributed by atoms with Crippen molar-refractivity contribution in [3.05, 3.63) is 18.2 Å². The van der Waals surface area contributed by atoms with Gasteiger partial charge in [0.05, 0.1) is 18.9 Å². The second-order valence-electron chi connectivity index (χ2n) is 14.5. The number of carbonyl (C=O) groups is 7. The number of amides is 6. The Labute approximate surface area is 326 Å². The molecule has 0 spiro atoms. The van der Waals surface area contributed by atoms with Crippen LogP contribution in [0.2, 0.25) is 0 Å². The summed E-state index contributed by atoms with van der Waals surface area (Å²) < 4.78 is 0. The molecule has 21 nitrogen and oxygen atoms in total. The van der Waals surface area contributed by atoms with Crippen molar-refractivity contribution < 1.29 is 38.7 Å². The number of carboxylic acid groups (broad SMARTS) is 1. The van der Waals surface area contributed by atoms with E-state index in [9.17, 15) is 38.7 Å². The van der Waals surface area contributed by atoms with Crippen LogP contribution in [0.15, 0.2) is 17.5 Å². The molecule has 6 amide bonds. The first-order valence-electron chi connectivity index (χ1n) is 19.0. The summed E-state index contributed by atoms with van der Waals surface area (Å²) in [5.41, 5.74) is 23.0. The van der Waals surface area contributed by atoms with Gasteiger partial charge in [-0.1, -0.05) is 34.1 Å². The number of likely N-dealkylation sites (tertiary alicyclic amines) is 1. The lowest BCUT2D eigenvalue weighted by Crippen LogP contribution is -2.59. The van der Waals surface area contributed by atoms with Gasteiger partial charge in [-0.2, -0.15) is 0 Å². The molecule has 1 fully saturated rings. The number of aliphatic imine (C=N–C) groups is 1. The highest BCUT2D eigenvalue weighted by Crippen LogP contribution is 2.20. The van der Waals surface area contributed by atoms with Gasteiger partial charge < -0.3 is 64.5 Å². The van der Waals surface area contributed by atoms with Crippen molar-refractivity contribution in [3.8, 4) is 0 Å². The van der Waals surface area contributed by atoms with Gasteiger partial charge in [0.15, 0.2) is 5.96 Å². The lowest BCUT2D eigenvalue weighted by molar-refractivity contribution is -0.143. The monoisotopic (exact) mass is 791 g/mol. The number of unbranched alkanes of at least 4 members (excludes halogenated alkanes) is 1. The Balaban J connectivity index is 2.11. The van der Waals surface area contributed by atoms with Crippen molar-refractivity contribution in [3.63, 3.8) is 0 Å². The smallest absolute Gasteiger partial charge is 0.326 e. The van der Waals surface area contributed by atoms with Gasteiger partial charge in [0.1, 0.15) is 30.2 Å². The molecule has 2 rings (SSSR count). The van der Waals surface area contributed by atoms with Gasteiger partial charge >= 0.3 is 5.97 Å². The minimum absolute atomic E-state index is 0.0576. The molecular formula is C35H61N13O8. The van der Waals surface area contributed by atoms with Crippen molar-refractivity contribution in [2.75, 3.05) is 26.2 Å². The van der Waals surface area contributed by atoms with E-state index in [2.05, 4.69) is 41.5 Å². The normalized spacial score (nSPS) is 16.6. The topological polar surface area (TPSA) is 348 Å². The molecule has 15 N–H and O–H groups in total. The van der Waals surface area contributed by atoms with Crippen LogP contribution in [0.4, 0.5) is 0 Å². The number of rotatable bonds is 24. The molecule has 21 heteroatoms. The molecule has 1 aromatic rings. The van der Waals surface area contributed by atoms with Crippen molar-refractivity contribution in [1.29, 1.82) is 0 Å². The third-order valence-corrected chi connectivity index (χ3v) is 9.24. The van der Waals surface area contributed by atoms with E-state index in [4.69, 9.17) is 22.9 Å². The summed E-state index contributed by atoms with van der Waals surface area (Å²) in [6, 6.07) is -6.36. The van der Waals surface area contributed by atoms with E-state index in [1.165, 1.54) is 17.4 Å². The van der Waals surface area contributed by atoms with E-state index in [0.29, 0.717) is 44.3 Å². The number of aromatic nitrogens is 2. The summed E-state index contributed by atoms with van der Waals surface area (Å²) in [7, 11) is 0. The summed E-state index contributed by atoms with van der Waals surface area (Å²) in [6.07, 6.45) is 5.89. The van der Waals surface area contributed by atoms with Crippen molar-refractivity contribution in [1.82, 2.24) is 41.5 Å². The largest absolute Gasteiger partial charge is 0.480 e. The molecule has 0 saturated carbocycles. The molecule has 1 aliphatic heterocycles. The first-order valence-corrected chi connectivity index (χ1v) is 19.0. The fourth-order valence-electron chi connectivity index (χ4n) is 6.08. The Morgan fingerprint density at radius 3 is 2.20 bits per heavy atom. The van der Waals surface area contributed by atoms with Crippen molar-refractivity contribution >= 4 is 47.4 Å². The number of nitrogens with zero attached hydrogens (tertiary/aromatic N) is 3. The Morgan fingerprint density at radius 2 is 1.61 bits per heavy atom. The van der Waals surface area contributed by atoms with E-state index in [1.54, 1.807) is 27.7 Å². The van der Waals surface area contributed by atoms with Crippen LogP contribution < -0.4 is 49.5 Å². The lowest BCUT2D eigenvalue weighted by atomic mass is 10.0. The van der Waals surface area contributed by atoms with Crippen LogP contribution in [-0.2, 0) is 40.0 Å². The molecule has 6 atom stereocenters. The third kappa shape index (κ3) is 15.4. The summed E-state index contributed by atoms with van der Waals surface area (Å²) in [6.45, 7) is 6.90. The highest BCUT2D eigenvalue weighted by molar-refractivity contribution is 5.96. The number of aromatic amines is 1. The number of guanidine groups is 1. The van der Waals surface area contributed by atoms with Gasteiger partial charge in [0.2, 0.25) is 35.4 Å². The maximum atomic E-state index is 14.0. The van der Waals surface area contributed by atoms with Gasteiger partial charge in [-0.15, -0.1) is 0 Å². The fourth-order valence-corrected chi connectivity index (χ4v) is 6.08. The molecule has 1 saturated heterocycles. The maximum Gasteiger partial charge on any atom is 0.326 e. The van der Waals surface area contributed by atoms with Gasteiger partial charge in [-0.3, -0.25) is 33.8 Å². The standard InChI is InChI=1S/C35H61N13O8/c1-19(2)27(32(53)42-17-26(49)44-23(10-7-13-41-35(38)39)30(51)47-28(20(3)4)34(55)56)46-31(52)25-11-8-14-48(25)33(54)24(15-21-16-40-18-43-21)45-29(50)22(37)9-5-6-12-36/h16,18-20,22-25,27-28H,5-15,17,36-37H2,1-4H3,(H,40,43)(H,42,53)(H,44,49)(H,45,50)(H,46,52)(H,47,51)(H,55,56)(H4,38,39,41)/t22-,23-,24-,25-,27-,28-/m0/s1. The third-order valence-electron chi connectivity index (χ3n) is 9.24. The number of carbonyl (C=O) groups excluding carboxylic acids is 6. The van der Waals surface area contributed by atoms with E-state index < -0.39 is 96.0 Å². The molecule has 1 aromatic heterocycles. The molecule has 0 aliphatic carbocycles. The predicted octanol–water partition coefficient (Wildman–Crippen LogP) is -3.09. The molecule has 0 aromatic carbocycles. The van der Waals surface area contributed by atoms with Crippen LogP contribution in [-0.4, -0.2) is 130 Å². The van der Waals surface area contributed by atoms with Gasteiger partial charge in [-0.05, 0) is 56.9 Å². The number of carboxylic acids is 1. The second kappa shape index (κ2) is 23.6. The van der Waals surface area contributed by atoms with E-state index in [1.807, 2.05) is 0 Å². The molecule has 314 valence electrons. The Hall–Kier alpha value is -5.31. The zero-order valence-electron chi connectivity index (χ0n) is 32.7. The minimum atomic E-state index is -1.24. The number of hydrogen-bond donors (Lipinski definition) is 11. The van der Waals surface area contributed by atoms with Gasteiger partial charge in [-0.25, -0.2) is 9.78 Å². The van der Waals surface area contributed by atoms with E-state index >= 15 is 0 Å². The van der Waals surface area contributed by atoms with Crippen molar-refractivity contribution in [2.24, 2.45) is 39.8 Å². The lowest BCUT2D eigenvalue weighted by Gasteiger charge is -2.31. The number of aliphatic carboxylic acids is 1. The zero-order valence-corrected chi connectivity index (χ0v) is 32.7. The number of H-pyrrole nitrogens is 1. The Kier molecular flexibility index (Phi) is 19.7. The molecule has 1 aliphatic rings. The predicted molar refractivity (Wildman–Crippen MR) is 206 cm³/mol. The maximum absolute atomic E-state index is 14.0. The van der Waals surface area contributed by atoms with Crippen molar-refractivity contribution in [2.45, 2.75) is 115 Å². The quantitative estimate of drug-likeness (QED) is 0.0281. The number of imidazole rings is 1. The molecule has 0 radical (unpaired) electrons. The highest BCUT2D eigenvalue weighted by atomic mass is 16.4. The zero-order chi connectivity index (χ0) is 41.9. The number of nitrogens with one attached hydrogen (secondary N) is 6. The Morgan fingerprint density at radius 1 is 0.911 bits per heavy atom. The van der Waals surface area contributed by atoms with E-state index in [-0.39, 0.29) is 38.3 Å². The summed E-state index contributed by atoms with van der Waals surface area (Å²) in [4.78, 5) is 104. The average Bonchev–Trinajstić information content (AvgIpc) is 3.85. The summed E-state index contributed by atoms with van der Waals surface area (Å²) in [5.74, 6) is -6.07. The van der Waals surface area contributed by atoms with E-state index in [0.717, 1.165) is 0 Å². The molecule has 0 bridgehead atoms. The average molecular weight is 792 g/mol. The van der Waals surface area contributed by atoms with Crippen LogP contribution in [0.25, 0.3) is 0 Å². The number of hydrogen-bond acceptors (Lipinski definition) is 11. The molecule has 0 unspecified atom stereocenters. The highest BCUT2D eigenvalue weighted by Gasteiger charge is 2.40.